The van der Waals surface area contributed by atoms with Crippen LogP contribution in [0, 0.1) is 12.8 Å². The van der Waals surface area contributed by atoms with Crippen molar-refractivity contribution < 1.29 is 4.79 Å². The van der Waals surface area contributed by atoms with Gasteiger partial charge in [-0.2, -0.15) is 0 Å². The maximum Gasteiger partial charge on any atom is 0.233 e. The molecule has 0 aliphatic carbocycles. The van der Waals surface area contributed by atoms with Gasteiger partial charge in [-0.1, -0.05) is 61.6 Å². The van der Waals surface area contributed by atoms with Gasteiger partial charge >= 0.3 is 0 Å². The summed E-state index contributed by atoms with van der Waals surface area (Å²) in [5, 5.41) is 3.64. The summed E-state index contributed by atoms with van der Waals surface area (Å²) in [5.41, 5.74) is 4.44. The largest absolute Gasteiger partial charge is 0.301 e. The molecule has 3 rings (SSSR count). The Morgan fingerprint density at radius 3 is 2.48 bits per heavy atom. The van der Waals surface area contributed by atoms with Crippen molar-refractivity contribution in [2.45, 2.75) is 40.0 Å². The van der Waals surface area contributed by atoms with Gasteiger partial charge in [-0.15, -0.1) is 0 Å². The third kappa shape index (κ3) is 4.07. The van der Waals surface area contributed by atoms with Gasteiger partial charge in [0.2, 0.25) is 5.91 Å². The summed E-state index contributed by atoms with van der Waals surface area (Å²) in [6, 6.07) is 14.5. The monoisotopic (exact) mass is 352 g/mol. The molecule has 1 amide bonds. The molecular formula is C21H24N2OS. The van der Waals surface area contributed by atoms with Crippen LogP contribution in [0.5, 0.6) is 0 Å². The smallest absolute Gasteiger partial charge is 0.233 e. The number of anilines is 1. The SMILES string of the molecule is Cc1cccc2sc(NC(=O)[C@H](C)c3ccc(CC(C)C)cc3)nc12. The second kappa shape index (κ2) is 7.36. The van der Waals surface area contributed by atoms with E-state index in [4.69, 9.17) is 0 Å². The Kier molecular flexibility index (Phi) is 5.19. The van der Waals surface area contributed by atoms with Gasteiger partial charge in [-0.3, -0.25) is 4.79 Å². The van der Waals surface area contributed by atoms with Crippen molar-refractivity contribution >= 4 is 32.6 Å². The van der Waals surface area contributed by atoms with Crippen molar-refractivity contribution in [3.63, 3.8) is 0 Å². The Labute approximate surface area is 153 Å². The number of nitrogens with zero attached hydrogens (tertiary/aromatic N) is 1. The number of nitrogens with one attached hydrogen (secondary N) is 1. The molecule has 1 heterocycles. The van der Waals surface area contributed by atoms with Crippen molar-refractivity contribution in [2.75, 3.05) is 5.32 Å². The number of aryl methyl sites for hydroxylation is 1. The summed E-state index contributed by atoms with van der Waals surface area (Å²) in [6.45, 7) is 8.40. The van der Waals surface area contributed by atoms with Crippen molar-refractivity contribution in [1.29, 1.82) is 0 Å². The molecule has 0 aliphatic heterocycles. The number of para-hydroxylation sites is 1. The lowest BCUT2D eigenvalue weighted by Crippen LogP contribution is -2.18. The molecule has 3 aromatic rings. The highest BCUT2D eigenvalue weighted by Gasteiger charge is 2.17. The van der Waals surface area contributed by atoms with Gasteiger partial charge in [0.25, 0.3) is 0 Å². The normalized spacial score (nSPS) is 12.5. The number of rotatable bonds is 5. The first-order valence-corrected chi connectivity index (χ1v) is 9.51. The number of aromatic nitrogens is 1. The van der Waals surface area contributed by atoms with Crippen molar-refractivity contribution in [3.8, 4) is 0 Å². The maximum atomic E-state index is 12.6. The highest BCUT2D eigenvalue weighted by Crippen LogP contribution is 2.29. The summed E-state index contributed by atoms with van der Waals surface area (Å²) in [4.78, 5) is 17.2. The minimum absolute atomic E-state index is 0.0201. The third-order valence-electron chi connectivity index (χ3n) is 4.37. The van der Waals surface area contributed by atoms with E-state index in [1.54, 1.807) is 0 Å². The topological polar surface area (TPSA) is 42.0 Å². The maximum absolute atomic E-state index is 12.6. The molecule has 0 bridgehead atoms. The predicted molar refractivity (Wildman–Crippen MR) is 106 cm³/mol. The number of hydrogen-bond donors (Lipinski definition) is 1. The summed E-state index contributed by atoms with van der Waals surface area (Å²) in [5.74, 6) is 0.406. The van der Waals surface area contributed by atoms with Crippen LogP contribution in [0.1, 0.15) is 43.4 Å². The minimum Gasteiger partial charge on any atom is -0.301 e. The van der Waals surface area contributed by atoms with Crippen LogP contribution >= 0.6 is 11.3 Å². The lowest BCUT2D eigenvalue weighted by molar-refractivity contribution is -0.117. The fourth-order valence-electron chi connectivity index (χ4n) is 2.92. The Balaban J connectivity index is 1.72. The molecule has 1 N–H and O–H groups in total. The summed E-state index contributed by atoms with van der Waals surface area (Å²) in [6.07, 6.45) is 1.06. The zero-order valence-corrected chi connectivity index (χ0v) is 16.0. The molecule has 0 spiro atoms. The summed E-state index contributed by atoms with van der Waals surface area (Å²) < 4.78 is 1.10. The molecule has 0 unspecified atom stereocenters. The Hall–Kier alpha value is -2.20. The van der Waals surface area contributed by atoms with E-state index in [-0.39, 0.29) is 11.8 Å². The highest BCUT2D eigenvalue weighted by molar-refractivity contribution is 7.22. The van der Waals surface area contributed by atoms with Crippen molar-refractivity contribution in [1.82, 2.24) is 4.98 Å². The van der Waals surface area contributed by atoms with Crippen LogP contribution in [-0.2, 0) is 11.2 Å². The van der Waals surface area contributed by atoms with E-state index in [1.807, 2.05) is 32.0 Å². The van der Waals surface area contributed by atoms with Crippen LogP contribution < -0.4 is 5.32 Å². The number of carbonyl (C=O) groups is 1. The molecule has 0 fully saturated rings. The Bertz CT molecular complexity index is 881. The van der Waals surface area contributed by atoms with Gasteiger partial charge in [0, 0.05) is 0 Å². The molecule has 2 aromatic carbocycles. The van der Waals surface area contributed by atoms with Crippen LogP contribution in [0.4, 0.5) is 5.13 Å². The lowest BCUT2D eigenvalue weighted by atomic mass is 9.96. The number of carbonyl (C=O) groups excluding carboxylic acids is 1. The van der Waals surface area contributed by atoms with Gasteiger partial charge in [0.05, 0.1) is 16.1 Å². The fourth-order valence-corrected chi connectivity index (χ4v) is 3.87. The first-order valence-electron chi connectivity index (χ1n) is 8.70. The molecule has 0 radical (unpaired) electrons. The van der Waals surface area contributed by atoms with E-state index in [0.717, 1.165) is 27.8 Å². The van der Waals surface area contributed by atoms with E-state index >= 15 is 0 Å². The van der Waals surface area contributed by atoms with Crippen LogP contribution in [-0.4, -0.2) is 10.9 Å². The van der Waals surface area contributed by atoms with Gasteiger partial charge in [0.1, 0.15) is 0 Å². The van der Waals surface area contributed by atoms with Crippen molar-refractivity contribution in [2.24, 2.45) is 5.92 Å². The zero-order chi connectivity index (χ0) is 18.0. The molecular weight excluding hydrogens is 328 g/mol. The number of amides is 1. The average molecular weight is 353 g/mol. The fraction of sp³-hybridized carbons (Fsp3) is 0.333. The van der Waals surface area contributed by atoms with E-state index < -0.39 is 0 Å². The molecule has 3 nitrogen and oxygen atoms in total. The van der Waals surface area contributed by atoms with Crippen LogP contribution in [0.3, 0.4) is 0 Å². The van der Waals surface area contributed by atoms with Gasteiger partial charge in [-0.05, 0) is 48.9 Å². The lowest BCUT2D eigenvalue weighted by Gasteiger charge is -2.12. The second-order valence-electron chi connectivity index (χ2n) is 6.99. The van der Waals surface area contributed by atoms with E-state index in [0.29, 0.717) is 11.0 Å². The Morgan fingerprint density at radius 2 is 1.84 bits per heavy atom. The first kappa shape index (κ1) is 17.6. The summed E-state index contributed by atoms with van der Waals surface area (Å²) >= 11 is 1.52. The molecule has 4 heteroatoms. The van der Waals surface area contributed by atoms with Crippen molar-refractivity contribution in [3.05, 3.63) is 59.2 Å². The average Bonchev–Trinajstić information content (AvgIpc) is 2.98. The first-order chi connectivity index (χ1) is 11.9. The molecule has 0 aliphatic rings. The molecule has 25 heavy (non-hydrogen) atoms. The number of fused-ring (bicyclic) bond motifs is 1. The van der Waals surface area contributed by atoms with E-state index in [9.17, 15) is 4.79 Å². The molecule has 0 saturated carbocycles. The number of thiazole rings is 1. The standard InChI is InChI=1S/C21H24N2OS/c1-13(2)12-16-8-10-17(11-9-16)15(4)20(24)23-21-22-19-14(3)6-5-7-18(19)25-21/h5-11,13,15H,12H2,1-4H3,(H,22,23,24)/t15-/m1/s1. The molecule has 1 aromatic heterocycles. The highest BCUT2D eigenvalue weighted by atomic mass is 32.1. The molecule has 130 valence electrons. The molecule has 0 saturated heterocycles. The van der Waals surface area contributed by atoms with Gasteiger partial charge in [-0.25, -0.2) is 4.98 Å². The third-order valence-corrected chi connectivity index (χ3v) is 5.30. The predicted octanol–water partition coefficient (Wildman–Crippen LogP) is 5.55. The van der Waals surface area contributed by atoms with Gasteiger partial charge < -0.3 is 5.32 Å². The number of hydrogen-bond acceptors (Lipinski definition) is 3. The van der Waals surface area contributed by atoms with E-state index in [1.165, 1.54) is 16.9 Å². The Morgan fingerprint density at radius 1 is 1.12 bits per heavy atom. The van der Waals surface area contributed by atoms with E-state index in [2.05, 4.69) is 48.4 Å². The summed E-state index contributed by atoms with van der Waals surface area (Å²) in [7, 11) is 0. The zero-order valence-electron chi connectivity index (χ0n) is 15.2. The second-order valence-corrected chi connectivity index (χ2v) is 8.02. The minimum atomic E-state index is -0.207. The van der Waals surface area contributed by atoms with Gasteiger partial charge in [0.15, 0.2) is 5.13 Å². The van der Waals surface area contributed by atoms with Crippen LogP contribution in [0.2, 0.25) is 0 Å². The van der Waals surface area contributed by atoms with Crippen LogP contribution in [0.25, 0.3) is 10.2 Å². The van der Waals surface area contributed by atoms with Crippen LogP contribution in [0.15, 0.2) is 42.5 Å². The molecule has 1 atom stereocenters. The quantitative estimate of drug-likeness (QED) is 0.654. The number of benzene rings is 2.